The molecule has 0 aromatic heterocycles. The molecule has 0 bridgehead atoms. The predicted octanol–water partition coefficient (Wildman–Crippen LogP) is 2.69. The van der Waals surface area contributed by atoms with Gasteiger partial charge in [0.05, 0.1) is 17.9 Å². The number of piperidine rings is 1. The average Bonchev–Trinajstić information content (AvgIpc) is 2.73. The summed E-state index contributed by atoms with van der Waals surface area (Å²) >= 11 is 0. The van der Waals surface area contributed by atoms with Gasteiger partial charge in [-0.05, 0) is 55.3 Å². The normalized spacial score (nSPS) is 17.2. The summed E-state index contributed by atoms with van der Waals surface area (Å²) in [6, 6.07) is 13.0. The molecular weight excluding hydrogens is 406 g/mol. The molecule has 1 saturated heterocycles. The summed E-state index contributed by atoms with van der Waals surface area (Å²) in [6.45, 7) is 1.90. The van der Waals surface area contributed by atoms with E-state index in [2.05, 4.69) is 10.6 Å². The molecule has 2 N–H and O–H groups in total. The van der Waals surface area contributed by atoms with Crippen LogP contribution in [0.4, 0.5) is 11.4 Å². The third kappa shape index (κ3) is 5.17. The van der Waals surface area contributed by atoms with E-state index in [1.807, 2.05) is 0 Å². The Hall–Kier alpha value is -2.91. The van der Waals surface area contributed by atoms with Gasteiger partial charge in [0.1, 0.15) is 5.75 Å². The predicted molar refractivity (Wildman–Crippen MR) is 114 cm³/mol. The van der Waals surface area contributed by atoms with E-state index in [0.717, 1.165) is 0 Å². The number of ether oxygens (including phenoxy) is 1. The van der Waals surface area contributed by atoms with Crippen molar-refractivity contribution >= 4 is 33.2 Å². The zero-order valence-electron chi connectivity index (χ0n) is 16.9. The highest BCUT2D eigenvalue weighted by Gasteiger charge is 2.33. The van der Waals surface area contributed by atoms with Crippen LogP contribution in [0, 0.1) is 5.92 Å². The molecule has 0 aliphatic carbocycles. The van der Waals surface area contributed by atoms with E-state index >= 15 is 0 Å². The number of methoxy groups -OCH3 is 1. The topological polar surface area (TPSA) is 105 Å². The van der Waals surface area contributed by atoms with Crippen molar-refractivity contribution in [1.82, 2.24) is 4.31 Å². The minimum atomic E-state index is -3.70. The van der Waals surface area contributed by atoms with Crippen molar-refractivity contribution < 1.29 is 22.7 Å². The molecule has 0 radical (unpaired) electrons. The number of hydrogen-bond donors (Lipinski definition) is 2. The number of amides is 2. The van der Waals surface area contributed by atoms with E-state index in [9.17, 15) is 18.0 Å². The lowest BCUT2D eigenvalue weighted by Crippen LogP contribution is -2.43. The molecule has 1 aliphatic rings. The van der Waals surface area contributed by atoms with Crippen LogP contribution in [-0.2, 0) is 19.6 Å². The van der Waals surface area contributed by atoms with Crippen molar-refractivity contribution in [1.29, 1.82) is 0 Å². The lowest BCUT2D eigenvalue weighted by Gasteiger charge is -2.31. The fourth-order valence-electron chi connectivity index (χ4n) is 3.39. The number of benzene rings is 2. The minimum Gasteiger partial charge on any atom is -0.497 e. The third-order valence-corrected chi connectivity index (χ3v) is 6.78. The van der Waals surface area contributed by atoms with Crippen LogP contribution >= 0.6 is 0 Å². The Kier molecular flexibility index (Phi) is 6.73. The molecule has 1 fully saturated rings. The van der Waals surface area contributed by atoms with Gasteiger partial charge in [-0.1, -0.05) is 6.07 Å². The first kappa shape index (κ1) is 21.8. The van der Waals surface area contributed by atoms with E-state index in [1.165, 1.54) is 30.5 Å². The molecule has 8 nitrogen and oxygen atoms in total. The number of rotatable bonds is 6. The Morgan fingerprint density at radius 2 is 1.73 bits per heavy atom. The van der Waals surface area contributed by atoms with Crippen molar-refractivity contribution in [3.05, 3.63) is 48.5 Å². The van der Waals surface area contributed by atoms with Crippen LogP contribution in [0.1, 0.15) is 19.8 Å². The Morgan fingerprint density at radius 3 is 2.37 bits per heavy atom. The summed E-state index contributed by atoms with van der Waals surface area (Å²) in [4.78, 5) is 24.1. The highest BCUT2D eigenvalue weighted by atomic mass is 32.2. The van der Waals surface area contributed by atoms with E-state index in [-0.39, 0.29) is 23.3 Å². The summed E-state index contributed by atoms with van der Waals surface area (Å²) in [5.74, 6) is -0.336. The standard InChI is InChI=1S/C21H25N3O5S/c1-15(25)22-17-6-3-7-18(13-17)23-21(26)16-5-4-12-24(14-16)30(27,28)20-10-8-19(29-2)9-11-20/h3,6-11,13,16H,4-5,12,14H2,1-2H3,(H,22,25)(H,23,26)/t16-/m1/s1. The zero-order chi connectivity index (χ0) is 21.7. The quantitative estimate of drug-likeness (QED) is 0.732. The molecule has 1 atom stereocenters. The number of carbonyl (C=O) groups excluding carboxylic acids is 2. The number of nitrogens with one attached hydrogen (secondary N) is 2. The van der Waals surface area contributed by atoms with Crippen LogP contribution in [0.3, 0.4) is 0 Å². The second kappa shape index (κ2) is 9.27. The molecule has 2 aromatic carbocycles. The van der Waals surface area contributed by atoms with Gasteiger partial charge in [-0.15, -0.1) is 0 Å². The van der Waals surface area contributed by atoms with Gasteiger partial charge in [-0.25, -0.2) is 8.42 Å². The Bertz CT molecular complexity index is 1020. The monoisotopic (exact) mass is 431 g/mol. The third-order valence-electron chi connectivity index (χ3n) is 4.90. The van der Waals surface area contributed by atoms with Crippen molar-refractivity contribution in [2.24, 2.45) is 5.92 Å². The average molecular weight is 432 g/mol. The molecule has 0 spiro atoms. The van der Waals surface area contributed by atoms with Gasteiger partial charge in [0.15, 0.2) is 0 Å². The fourth-order valence-corrected chi connectivity index (χ4v) is 4.92. The van der Waals surface area contributed by atoms with Crippen LogP contribution in [0.15, 0.2) is 53.4 Å². The summed E-state index contributed by atoms with van der Waals surface area (Å²) < 4.78 is 32.4. The van der Waals surface area contributed by atoms with Gasteiger partial charge in [0.25, 0.3) is 0 Å². The molecule has 30 heavy (non-hydrogen) atoms. The number of hydrogen-bond acceptors (Lipinski definition) is 5. The second-order valence-electron chi connectivity index (χ2n) is 7.13. The minimum absolute atomic E-state index is 0.117. The zero-order valence-corrected chi connectivity index (χ0v) is 17.7. The van der Waals surface area contributed by atoms with Gasteiger partial charge in [-0.3, -0.25) is 9.59 Å². The van der Waals surface area contributed by atoms with Gasteiger partial charge in [0, 0.05) is 31.4 Å². The second-order valence-corrected chi connectivity index (χ2v) is 9.07. The van der Waals surface area contributed by atoms with Crippen molar-refractivity contribution in [3.8, 4) is 5.75 Å². The molecule has 9 heteroatoms. The molecular formula is C21H25N3O5S. The molecule has 3 rings (SSSR count). The largest absolute Gasteiger partial charge is 0.497 e. The molecule has 0 saturated carbocycles. The highest BCUT2D eigenvalue weighted by molar-refractivity contribution is 7.89. The van der Waals surface area contributed by atoms with Crippen molar-refractivity contribution in [2.45, 2.75) is 24.7 Å². The molecule has 0 unspecified atom stereocenters. The van der Waals surface area contributed by atoms with Crippen LogP contribution in [-0.4, -0.2) is 44.7 Å². The van der Waals surface area contributed by atoms with Crippen molar-refractivity contribution in [2.75, 3.05) is 30.8 Å². The number of carbonyl (C=O) groups is 2. The highest BCUT2D eigenvalue weighted by Crippen LogP contribution is 2.26. The Labute approximate surface area is 176 Å². The first-order chi connectivity index (χ1) is 14.3. The first-order valence-electron chi connectivity index (χ1n) is 9.62. The maximum Gasteiger partial charge on any atom is 0.243 e. The van der Waals surface area contributed by atoms with Crippen LogP contribution in [0.2, 0.25) is 0 Å². The first-order valence-corrected chi connectivity index (χ1v) is 11.1. The maximum absolute atomic E-state index is 13.0. The van der Waals surface area contributed by atoms with E-state index < -0.39 is 15.9 Å². The Morgan fingerprint density at radius 1 is 1.07 bits per heavy atom. The van der Waals surface area contributed by atoms with E-state index in [0.29, 0.717) is 36.5 Å². The van der Waals surface area contributed by atoms with Gasteiger partial charge in [0.2, 0.25) is 21.8 Å². The number of nitrogens with zero attached hydrogens (tertiary/aromatic N) is 1. The summed E-state index contributed by atoms with van der Waals surface area (Å²) in [5, 5.41) is 5.49. The lowest BCUT2D eigenvalue weighted by molar-refractivity contribution is -0.121. The summed E-state index contributed by atoms with van der Waals surface area (Å²) in [5.41, 5.74) is 1.12. The van der Waals surface area contributed by atoms with Gasteiger partial charge >= 0.3 is 0 Å². The van der Waals surface area contributed by atoms with Crippen LogP contribution < -0.4 is 15.4 Å². The number of sulfonamides is 1. The van der Waals surface area contributed by atoms with Gasteiger partial charge < -0.3 is 15.4 Å². The number of anilines is 2. The SMILES string of the molecule is COc1ccc(S(=O)(=O)N2CCC[C@@H](C(=O)Nc3cccc(NC(C)=O)c3)C2)cc1. The lowest BCUT2D eigenvalue weighted by atomic mass is 9.98. The molecule has 2 aromatic rings. The fraction of sp³-hybridized carbons (Fsp3) is 0.333. The Balaban J connectivity index is 1.69. The molecule has 160 valence electrons. The van der Waals surface area contributed by atoms with Crippen LogP contribution in [0.25, 0.3) is 0 Å². The van der Waals surface area contributed by atoms with Gasteiger partial charge in [-0.2, -0.15) is 4.31 Å². The molecule has 1 aliphatic heterocycles. The molecule has 2 amide bonds. The van der Waals surface area contributed by atoms with Crippen molar-refractivity contribution in [3.63, 3.8) is 0 Å². The van der Waals surface area contributed by atoms with E-state index in [1.54, 1.807) is 36.4 Å². The van der Waals surface area contributed by atoms with Crippen LogP contribution in [0.5, 0.6) is 5.75 Å². The molecule has 1 heterocycles. The summed E-state index contributed by atoms with van der Waals surface area (Å²) in [6.07, 6.45) is 1.20. The smallest absolute Gasteiger partial charge is 0.243 e. The van der Waals surface area contributed by atoms with E-state index in [4.69, 9.17) is 4.74 Å². The maximum atomic E-state index is 13.0. The summed E-state index contributed by atoms with van der Waals surface area (Å²) in [7, 11) is -2.18.